The van der Waals surface area contributed by atoms with Crippen LogP contribution in [-0.2, 0) is 6.54 Å². The van der Waals surface area contributed by atoms with Crippen molar-refractivity contribution in [2.24, 2.45) is 5.84 Å². The van der Waals surface area contributed by atoms with Crippen molar-refractivity contribution in [3.63, 3.8) is 0 Å². The Balaban J connectivity index is 2.20. The monoisotopic (exact) mass is 258 g/mol. The second kappa shape index (κ2) is 6.10. The minimum atomic E-state index is 0.271. The Morgan fingerprint density at radius 1 is 1.16 bits per heavy atom. The van der Waals surface area contributed by atoms with Gasteiger partial charge in [-0.15, -0.1) is 0 Å². The summed E-state index contributed by atoms with van der Waals surface area (Å²) in [6, 6.07) is 3.93. The van der Waals surface area contributed by atoms with Crippen molar-refractivity contribution < 1.29 is 0 Å². The van der Waals surface area contributed by atoms with Crippen LogP contribution in [0, 0.1) is 0 Å². The molecule has 0 bridgehead atoms. The highest BCUT2D eigenvalue weighted by Crippen LogP contribution is 2.27. The summed E-state index contributed by atoms with van der Waals surface area (Å²) in [6.45, 7) is 4.84. The molecule has 0 aliphatic carbocycles. The van der Waals surface area contributed by atoms with Crippen molar-refractivity contribution in [3.8, 4) is 0 Å². The number of nitrogen functional groups attached to an aromatic ring is 1. The molecule has 6 heteroatoms. The van der Waals surface area contributed by atoms with Gasteiger partial charge >= 0.3 is 0 Å². The molecule has 0 amide bonds. The van der Waals surface area contributed by atoms with E-state index in [1.165, 1.54) is 6.33 Å². The van der Waals surface area contributed by atoms with Gasteiger partial charge in [-0.25, -0.2) is 15.8 Å². The molecule has 4 N–H and O–H groups in total. The Hall–Kier alpha value is -2.21. The first-order chi connectivity index (χ1) is 9.22. The molecule has 0 radical (unpaired) electrons. The van der Waals surface area contributed by atoms with Crippen LogP contribution in [0.1, 0.15) is 30.9 Å². The first kappa shape index (κ1) is 13.2. The molecular weight excluding hydrogens is 240 g/mol. The zero-order chi connectivity index (χ0) is 13.7. The van der Waals surface area contributed by atoms with Gasteiger partial charge in [0.15, 0.2) is 0 Å². The van der Waals surface area contributed by atoms with E-state index in [0.717, 1.165) is 16.9 Å². The van der Waals surface area contributed by atoms with E-state index in [4.69, 9.17) is 5.84 Å². The van der Waals surface area contributed by atoms with Crippen molar-refractivity contribution in [1.29, 1.82) is 0 Å². The number of anilines is 2. The molecule has 0 spiro atoms. The van der Waals surface area contributed by atoms with Crippen molar-refractivity contribution in [1.82, 2.24) is 15.0 Å². The van der Waals surface area contributed by atoms with Gasteiger partial charge in [0.1, 0.15) is 18.0 Å². The van der Waals surface area contributed by atoms with Crippen molar-refractivity contribution in [2.75, 3.05) is 10.7 Å². The number of nitrogens with one attached hydrogen (secondary N) is 2. The number of aromatic nitrogens is 3. The van der Waals surface area contributed by atoms with Crippen LogP contribution in [0.25, 0.3) is 0 Å². The summed E-state index contributed by atoms with van der Waals surface area (Å²) in [5, 5.41) is 3.31. The third-order valence-electron chi connectivity index (χ3n) is 2.81. The maximum absolute atomic E-state index is 5.49. The molecule has 100 valence electrons. The van der Waals surface area contributed by atoms with E-state index in [9.17, 15) is 0 Å². The predicted molar refractivity (Wildman–Crippen MR) is 75.5 cm³/mol. The first-order valence-electron chi connectivity index (χ1n) is 6.16. The van der Waals surface area contributed by atoms with Gasteiger partial charge in [0.2, 0.25) is 0 Å². The molecule has 0 unspecified atom stereocenters. The van der Waals surface area contributed by atoms with E-state index >= 15 is 0 Å². The summed E-state index contributed by atoms with van der Waals surface area (Å²) in [5.41, 5.74) is 4.74. The number of hydrazine groups is 1. The maximum atomic E-state index is 5.49. The smallest absolute Gasteiger partial charge is 0.148 e. The summed E-state index contributed by atoms with van der Waals surface area (Å²) in [5.74, 6) is 7.21. The molecule has 0 aromatic carbocycles. The zero-order valence-electron chi connectivity index (χ0n) is 11.1. The average molecular weight is 258 g/mol. The maximum Gasteiger partial charge on any atom is 0.148 e. The molecule has 0 aliphatic rings. The molecule has 0 saturated heterocycles. The predicted octanol–water partition coefficient (Wildman–Crippen LogP) is 1.89. The van der Waals surface area contributed by atoms with E-state index in [0.29, 0.717) is 12.4 Å². The third kappa shape index (κ3) is 3.17. The van der Waals surface area contributed by atoms with Crippen LogP contribution >= 0.6 is 0 Å². The molecule has 0 saturated carbocycles. The van der Waals surface area contributed by atoms with Crippen molar-refractivity contribution >= 4 is 11.6 Å². The van der Waals surface area contributed by atoms with E-state index < -0.39 is 0 Å². The lowest BCUT2D eigenvalue weighted by molar-refractivity contribution is 0.844. The first-order valence-corrected chi connectivity index (χ1v) is 6.16. The number of nitrogens with zero attached hydrogens (tertiary/aromatic N) is 3. The van der Waals surface area contributed by atoms with Crippen LogP contribution in [-0.4, -0.2) is 15.0 Å². The lowest BCUT2D eigenvalue weighted by Crippen LogP contribution is -2.15. The Bertz CT molecular complexity index is 526. The zero-order valence-corrected chi connectivity index (χ0v) is 11.1. The minimum Gasteiger partial charge on any atom is -0.366 e. The number of pyridine rings is 1. The third-order valence-corrected chi connectivity index (χ3v) is 2.81. The SMILES string of the molecule is CC(C)c1c(NN)ncnc1NCc1ccncc1. The lowest BCUT2D eigenvalue weighted by Gasteiger charge is -2.16. The van der Waals surface area contributed by atoms with Gasteiger partial charge in [-0.05, 0) is 23.6 Å². The van der Waals surface area contributed by atoms with Crippen LogP contribution in [0.2, 0.25) is 0 Å². The topological polar surface area (TPSA) is 88.8 Å². The number of hydrogen-bond acceptors (Lipinski definition) is 6. The van der Waals surface area contributed by atoms with E-state index in [1.54, 1.807) is 12.4 Å². The fourth-order valence-corrected chi connectivity index (χ4v) is 1.88. The Kier molecular flexibility index (Phi) is 4.25. The van der Waals surface area contributed by atoms with Crippen LogP contribution in [0.3, 0.4) is 0 Å². The fraction of sp³-hybridized carbons (Fsp3) is 0.308. The molecule has 6 nitrogen and oxygen atoms in total. The lowest BCUT2D eigenvalue weighted by atomic mass is 10.0. The Morgan fingerprint density at radius 2 is 1.84 bits per heavy atom. The fourth-order valence-electron chi connectivity index (χ4n) is 1.88. The average Bonchev–Trinajstić information content (AvgIpc) is 2.45. The van der Waals surface area contributed by atoms with Crippen LogP contribution in [0.4, 0.5) is 11.6 Å². The molecule has 0 fully saturated rings. The summed E-state index contributed by atoms with van der Waals surface area (Å²) in [6.07, 6.45) is 5.04. The van der Waals surface area contributed by atoms with Crippen molar-refractivity contribution in [3.05, 3.63) is 42.0 Å². The molecule has 2 rings (SSSR count). The normalized spacial score (nSPS) is 10.5. The van der Waals surface area contributed by atoms with Gasteiger partial charge in [0.25, 0.3) is 0 Å². The highest BCUT2D eigenvalue weighted by molar-refractivity contribution is 5.58. The minimum absolute atomic E-state index is 0.271. The van der Waals surface area contributed by atoms with Gasteiger partial charge in [0, 0.05) is 24.5 Å². The van der Waals surface area contributed by atoms with Gasteiger partial charge in [-0.2, -0.15) is 0 Å². The van der Waals surface area contributed by atoms with E-state index in [1.807, 2.05) is 12.1 Å². The summed E-state index contributed by atoms with van der Waals surface area (Å²) < 4.78 is 0. The molecule has 0 aliphatic heterocycles. The van der Waals surface area contributed by atoms with Crippen molar-refractivity contribution in [2.45, 2.75) is 26.3 Å². The molecule has 0 atom stereocenters. The van der Waals surface area contributed by atoms with Crippen LogP contribution in [0.5, 0.6) is 0 Å². The van der Waals surface area contributed by atoms with E-state index in [2.05, 4.69) is 39.5 Å². The highest BCUT2D eigenvalue weighted by Gasteiger charge is 2.13. The summed E-state index contributed by atoms with van der Waals surface area (Å²) >= 11 is 0. The van der Waals surface area contributed by atoms with Gasteiger partial charge in [0.05, 0.1) is 0 Å². The number of hydrogen-bond donors (Lipinski definition) is 3. The molecule has 2 aromatic heterocycles. The summed E-state index contributed by atoms with van der Waals surface area (Å²) in [4.78, 5) is 12.4. The van der Waals surface area contributed by atoms with Gasteiger partial charge < -0.3 is 10.7 Å². The second-order valence-corrected chi connectivity index (χ2v) is 4.49. The quantitative estimate of drug-likeness (QED) is 0.560. The van der Waals surface area contributed by atoms with E-state index in [-0.39, 0.29) is 5.92 Å². The molecule has 19 heavy (non-hydrogen) atoms. The Morgan fingerprint density at radius 3 is 2.47 bits per heavy atom. The largest absolute Gasteiger partial charge is 0.366 e. The number of nitrogens with two attached hydrogens (primary N) is 1. The molecule has 2 aromatic rings. The van der Waals surface area contributed by atoms with Crippen LogP contribution < -0.4 is 16.6 Å². The number of rotatable bonds is 5. The van der Waals surface area contributed by atoms with Gasteiger partial charge in [-0.1, -0.05) is 13.8 Å². The molecular formula is C13H18N6. The summed E-state index contributed by atoms with van der Waals surface area (Å²) in [7, 11) is 0. The van der Waals surface area contributed by atoms with Crippen LogP contribution in [0.15, 0.2) is 30.9 Å². The standard InChI is InChI=1S/C13H18N6/c1-9(2)11-12(17-8-18-13(11)19-14)16-7-10-3-5-15-6-4-10/h3-6,8-9H,7,14H2,1-2H3,(H2,16,17,18,19). The highest BCUT2D eigenvalue weighted by atomic mass is 15.3. The van der Waals surface area contributed by atoms with Gasteiger partial charge in [-0.3, -0.25) is 4.98 Å². The Labute approximate surface area is 112 Å². The molecule has 2 heterocycles. The second-order valence-electron chi connectivity index (χ2n) is 4.49.